The van der Waals surface area contributed by atoms with Gasteiger partial charge in [0.2, 0.25) is 5.91 Å². The molecule has 1 rings (SSSR count). The molecule has 1 heterocycles. The highest BCUT2D eigenvalue weighted by molar-refractivity contribution is 5.76. The Bertz CT molecular complexity index is 378. The molecule has 0 radical (unpaired) electrons. The van der Waals surface area contributed by atoms with Gasteiger partial charge in [-0.3, -0.25) is 4.79 Å². The fraction of sp³-hybridized carbons (Fsp3) is 0.455. The molecule has 1 amide bonds. The zero-order chi connectivity index (χ0) is 11.8. The Morgan fingerprint density at radius 2 is 2.44 bits per heavy atom. The predicted molar refractivity (Wildman–Crippen MR) is 60.4 cm³/mol. The summed E-state index contributed by atoms with van der Waals surface area (Å²) in [5.74, 6) is -0.143. The first-order valence-electron chi connectivity index (χ1n) is 5.26. The number of aromatic nitrogens is 1. The minimum Gasteiger partial charge on any atom is -0.341 e. The van der Waals surface area contributed by atoms with E-state index in [1.165, 1.54) is 0 Å². The monoisotopic (exact) mass is 220 g/mol. The van der Waals surface area contributed by atoms with Crippen molar-refractivity contribution in [3.8, 4) is 6.07 Å². The Morgan fingerprint density at radius 3 is 3.12 bits per heavy atom. The van der Waals surface area contributed by atoms with E-state index in [4.69, 9.17) is 5.26 Å². The summed E-state index contributed by atoms with van der Waals surface area (Å²) < 4.78 is 1.87. The van der Waals surface area contributed by atoms with Crippen molar-refractivity contribution in [2.75, 3.05) is 13.1 Å². The molecule has 0 saturated carbocycles. The zero-order valence-electron chi connectivity index (χ0n) is 9.36. The van der Waals surface area contributed by atoms with Crippen molar-refractivity contribution in [3.63, 3.8) is 0 Å². The summed E-state index contributed by atoms with van der Waals surface area (Å²) in [6.07, 6.45) is 1.86. The summed E-state index contributed by atoms with van der Waals surface area (Å²) >= 11 is 0. The van der Waals surface area contributed by atoms with Gasteiger partial charge in [0.25, 0.3) is 0 Å². The molecule has 86 valence electrons. The number of nitriles is 1. The topological polar surface area (TPSA) is 69.8 Å². The van der Waals surface area contributed by atoms with E-state index in [-0.39, 0.29) is 19.0 Å². The van der Waals surface area contributed by atoms with Crippen LogP contribution in [0.25, 0.3) is 0 Å². The summed E-state index contributed by atoms with van der Waals surface area (Å²) in [5, 5.41) is 14.0. The maximum atomic E-state index is 11.4. The predicted octanol–water partition coefficient (Wildman–Crippen LogP) is 0.237. The van der Waals surface area contributed by atoms with Crippen molar-refractivity contribution >= 4 is 5.91 Å². The van der Waals surface area contributed by atoms with Crippen LogP contribution in [0.4, 0.5) is 0 Å². The van der Waals surface area contributed by atoms with E-state index in [9.17, 15) is 4.79 Å². The average Bonchev–Trinajstić information content (AvgIpc) is 2.71. The van der Waals surface area contributed by atoms with Gasteiger partial charge in [-0.05, 0) is 18.7 Å². The highest BCUT2D eigenvalue weighted by Crippen LogP contribution is 2.01. The van der Waals surface area contributed by atoms with Gasteiger partial charge in [-0.25, -0.2) is 0 Å². The van der Waals surface area contributed by atoms with E-state index in [0.29, 0.717) is 0 Å². The van der Waals surface area contributed by atoms with E-state index in [2.05, 4.69) is 10.6 Å². The van der Waals surface area contributed by atoms with Gasteiger partial charge in [-0.2, -0.15) is 5.26 Å². The van der Waals surface area contributed by atoms with Crippen LogP contribution in [0.3, 0.4) is 0 Å². The quantitative estimate of drug-likeness (QED) is 0.675. The number of amides is 1. The van der Waals surface area contributed by atoms with Gasteiger partial charge in [-0.15, -0.1) is 0 Å². The lowest BCUT2D eigenvalue weighted by Gasteiger charge is -2.08. The number of nitrogens with zero attached hydrogens (tertiary/aromatic N) is 2. The van der Waals surface area contributed by atoms with Crippen molar-refractivity contribution in [3.05, 3.63) is 24.0 Å². The Labute approximate surface area is 95.1 Å². The minimum absolute atomic E-state index is 0.0582. The molecule has 0 bridgehead atoms. The van der Waals surface area contributed by atoms with Gasteiger partial charge in [0, 0.05) is 18.4 Å². The smallest absolute Gasteiger partial charge is 0.240 e. The number of hydrogen-bond donors (Lipinski definition) is 2. The lowest BCUT2D eigenvalue weighted by Crippen LogP contribution is -2.28. The second-order valence-electron chi connectivity index (χ2n) is 3.34. The molecule has 5 heteroatoms. The molecule has 0 aliphatic rings. The van der Waals surface area contributed by atoms with Crippen LogP contribution in [-0.4, -0.2) is 23.6 Å². The number of nitrogens with one attached hydrogen (secondary N) is 2. The maximum Gasteiger partial charge on any atom is 0.240 e. The molecule has 0 fully saturated rings. The highest BCUT2D eigenvalue weighted by Gasteiger charge is 2.05. The molecule has 0 unspecified atom stereocenters. The Morgan fingerprint density at radius 1 is 1.62 bits per heavy atom. The number of hydrogen-bond acceptors (Lipinski definition) is 3. The molecule has 0 aliphatic heterocycles. The second-order valence-corrected chi connectivity index (χ2v) is 3.34. The molecule has 0 atom stereocenters. The van der Waals surface area contributed by atoms with Gasteiger partial charge < -0.3 is 15.2 Å². The van der Waals surface area contributed by atoms with Gasteiger partial charge in [0.1, 0.15) is 13.1 Å². The van der Waals surface area contributed by atoms with Crippen molar-refractivity contribution < 1.29 is 4.79 Å². The molecule has 2 N–H and O–H groups in total. The Hall–Kier alpha value is -1.80. The summed E-state index contributed by atoms with van der Waals surface area (Å²) in [6.45, 7) is 3.99. The zero-order valence-corrected chi connectivity index (χ0v) is 9.36. The SMILES string of the molecule is CCNCc1cccn1CC(=O)NCC#N. The molecule has 5 nitrogen and oxygen atoms in total. The fourth-order valence-electron chi connectivity index (χ4n) is 1.37. The van der Waals surface area contributed by atoms with E-state index in [0.717, 1.165) is 18.8 Å². The van der Waals surface area contributed by atoms with Gasteiger partial charge >= 0.3 is 0 Å². The summed E-state index contributed by atoms with van der Waals surface area (Å²) in [5.41, 5.74) is 1.06. The van der Waals surface area contributed by atoms with Crippen LogP contribution < -0.4 is 10.6 Å². The fourth-order valence-corrected chi connectivity index (χ4v) is 1.37. The van der Waals surface area contributed by atoms with Crippen LogP contribution in [0.2, 0.25) is 0 Å². The largest absolute Gasteiger partial charge is 0.341 e. The molecule has 1 aromatic heterocycles. The molecule has 0 spiro atoms. The van der Waals surface area contributed by atoms with Crippen LogP contribution in [0.5, 0.6) is 0 Å². The van der Waals surface area contributed by atoms with Crippen molar-refractivity contribution in [2.24, 2.45) is 0 Å². The molecule has 16 heavy (non-hydrogen) atoms. The molecular formula is C11H16N4O. The summed E-state index contributed by atoms with van der Waals surface area (Å²) in [6, 6.07) is 5.75. The van der Waals surface area contributed by atoms with Crippen LogP contribution in [0, 0.1) is 11.3 Å². The normalized spacial score (nSPS) is 9.75. The molecular weight excluding hydrogens is 204 g/mol. The van der Waals surface area contributed by atoms with Crippen LogP contribution >= 0.6 is 0 Å². The first-order valence-corrected chi connectivity index (χ1v) is 5.26. The Kier molecular flexibility index (Phi) is 5.09. The Balaban J connectivity index is 2.50. The van der Waals surface area contributed by atoms with Crippen LogP contribution in [0.1, 0.15) is 12.6 Å². The van der Waals surface area contributed by atoms with Gasteiger partial charge in [-0.1, -0.05) is 6.92 Å². The van der Waals surface area contributed by atoms with E-state index >= 15 is 0 Å². The van der Waals surface area contributed by atoms with E-state index < -0.39 is 0 Å². The van der Waals surface area contributed by atoms with Crippen molar-refractivity contribution in [1.29, 1.82) is 5.26 Å². The molecule has 0 aliphatic carbocycles. The second kappa shape index (κ2) is 6.64. The summed E-state index contributed by atoms with van der Waals surface area (Å²) in [4.78, 5) is 11.4. The molecule has 0 saturated heterocycles. The van der Waals surface area contributed by atoms with Gasteiger partial charge in [0.15, 0.2) is 0 Å². The summed E-state index contributed by atoms with van der Waals surface area (Å²) in [7, 11) is 0. The minimum atomic E-state index is -0.143. The van der Waals surface area contributed by atoms with Crippen molar-refractivity contribution in [2.45, 2.75) is 20.0 Å². The number of carbonyl (C=O) groups is 1. The third kappa shape index (κ3) is 3.75. The van der Waals surface area contributed by atoms with Crippen LogP contribution in [0.15, 0.2) is 18.3 Å². The van der Waals surface area contributed by atoms with E-state index in [1.807, 2.05) is 35.9 Å². The highest BCUT2D eigenvalue weighted by atomic mass is 16.1. The van der Waals surface area contributed by atoms with Gasteiger partial charge in [0.05, 0.1) is 6.07 Å². The number of carbonyl (C=O) groups excluding carboxylic acids is 1. The lowest BCUT2D eigenvalue weighted by molar-refractivity contribution is -0.121. The van der Waals surface area contributed by atoms with Crippen LogP contribution in [-0.2, 0) is 17.9 Å². The average molecular weight is 220 g/mol. The lowest BCUT2D eigenvalue weighted by atomic mass is 10.4. The molecule has 1 aromatic rings. The first kappa shape index (κ1) is 12.3. The first-order chi connectivity index (χ1) is 7.77. The standard InChI is InChI=1S/C11H16N4O/c1-2-13-8-10-4-3-7-15(10)9-11(16)14-6-5-12/h3-4,7,13H,2,6,8-9H2,1H3,(H,14,16). The molecule has 0 aromatic carbocycles. The third-order valence-electron chi connectivity index (χ3n) is 2.16. The van der Waals surface area contributed by atoms with Crippen molar-refractivity contribution in [1.82, 2.24) is 15.2 Å². The maximum absolute atomic E-state index is 11.4. The third-order valence-corrected chi connectivity index (χ3v) is 2.16. The number of rotatable bonds is 6. The van der Waals surface area contributed by atoms with E-state index in [1.54, 1.807) is 0 Å².